The molecule has 1 aliphatic rings. The van der Waals surface area contributed by atoms with Gasteiger partial charge in [0.25, 0.3) is 11.8 Å². The van der Waals surface area contributed by atoms with Gasteiger partial charge >= 0.3 is 5.97 Å². The molecule has 0 saturated carbocycles. The minimum Gasteiger partial charge on any atom is -0.462 e. The van der Waals surface area contributed by atoms with E-state index in [2.05, 4.69) is 10.6 Å². The van der Waals surface area contributed by atoms with E-state index in [1.54, 1.807) is 79.7 Å². The van der Waals surface area contributed by atoms with E-state index in [0.29, 0.717) is 22.5 Å². The number of hydrogen-bond donors (Lipinski definition) is 2. The maximum Gasteiger partial charge on any atom is 0.338 e. The Bertz CT molecular complexity index is 1740. The van der Waals surface area contributed by atoms with E-state index in [1.807, 2.05) is 30.3 Å². The summed E-state index contributed by atoms with van der Waals surface area (Å²) in [5.74, 6) is -2.09. The number of thioether (sulfide) groups is 1. The largest absolute Gasteiger partial charge is 0.462 e. The number of rotatable bonds is 10. The van der Waals surface area contributed by atoms with Crippen molar-refractivity contribution in [2.45, 2.75) is 23.5 Å². The van der Waals surface area contributed by atoms with Crippen molar-refractivity contribution in [1.82, 2.24) is 5.32 Å². The molecule has 1 saturated heterocycles. The number of amides is 4. The zero-order chi connectivity index (χ0) is 31.8. The van der Waals surface area contributed by atoms with Crippen molar-refractivity contribution in [1.29, 1.82) is 0 Å². The predicted octanol–water partition coefficient (Wildman–Crippen LogP) is 5.70. The van der Waals surface area contributed by atoms with Crippen molar-refractivity contribution in [2.75, 3.05) is 16.8 Å². The Morgan fingerprint density at radius 1 is 0.844 bits per heavy atom. The van der Waals surface area contributed by atoms with Crippen LogP contribution in [0.4, 0.5) is 11.4 Å². The van der Waals surface area contributed by atoms with Gasteiger partial charge in [-0.25, -0.2) is 9.69 Å². The first kappa shape index (κ1) is 31.0. The van der Waals surface area contributed by atoms with Crippen molar-refractivity contribution in [3.8, 4) is 0 Å². The summed E-state index contributed by atoms with van der Waals surface area (Å²) in [6, 6.07) is 30.8. The summed E-state index contributed by atoms with van der Waals surface area (Å²) in [4.78, 5) is 65.8. The first-order valence-corrected chi connectivity index (χ1v) is 15.1. The molecule has 2 N–H and O–H groups in total. The molecule has 9 nitrogen and oxygen atoms in total. The molecule has 5 rings (SSSR count). The Balaban J connectivity index is 1.24. The fraction of sp³-hybridized carbons (Fsp3) is 0.114. The lowest BCUT2D eigenvalue weighted by molar-refractivity contribution is -0.121. The molecule has 1 unspecified atom stereocenters. The number of benzene rings is 4. The molecule has 1 heterocycles. The summed E-state index contributed by atoms with van der Waals surface area (Å²) in [6.45, 7) is 1.96. The van der Waals surface area contributed by atoms with Crippen LogP contribution >= 0.6 is 11.8 Å². The zero-order valence-electron chi connectivity index (χ0n) is 24.3. The molecular formula is C35H29N3O6S. The standard InChI is InChI=1S/C35H29N3O6S/c1-2-44-35(43)25-13-17-27(18-14-25)38-31(39)22-30(34(38)42)45-28-19-15-26(16-20-28)36-33(41)29(21-23-9-5-3-6-10-23)37-32(40)24-11-7-4-8-12-24/h3-21,30H,2,22H2,1H3,(H,36,41)(H,37,40)/b29-21-. The van der Waals surface area contributed by atoms with Gasteiger partial charge in [0.1, 0.15) is 5.70 Å². The highest BCUT2D eigenvalue weighted by Crippen LogP contribution is 2.34. The van der Waals surface area contributed by atoms with Crippen LogP contribution in [0.25, 0.3) is 6.08 Å². The lowest BCUT2D eigenvalue weighted by Gasteiger charge is -2.15. The van der Waals surface area contributed by atoms with Crippen LogP contribution < -0.4 is 15.5 Å². The molecule has 0 bridgehead atoms. The normalized spacial score (nSPS) is 14.6. The van der Waals surface area contributed by atoms with Gasteiger partial charge in [-0.1, -0.05) is 48.5 Å². The second kappa shape index (κ2) is 14.3. The number of ether oxygens (including phenoxy) is 1. The average Bonchev–Trinajstić information content (AvgIpc) is 3.34. The van der Waals surface area contributed by atoms with E-state index in [0.717, 1.165) is 15.4 Å². The summed E-state index contributed by atoms with van der Waals surface area (Å²) in [6.07, 6.45) is 1.62. The third-order valence-electron chi connectivity index (χ3n) is 6.77. The first-order valence-electron chi connectivity index (χ1n) is 14.2. The number of carbonyl (C=O) groups is 5. The van der Waals surface area contributed by atoms with Crippen molar-refractivity contribution in [3.05, 3.63) is 132 Å². The van der Waals surface area contributed by atoms with Crippen LogP contribution in [-0.4, -0.2) is 41.5 Å². The molecule has 1 atom stereocenters. The number of anilines is 2. The SMILES string of the molecule is CCOC(=O)c1ccc(N2C(=O)CC(Sc3ccc(NC(=O)/C(=C/c4ccccc4)NC(=O)c4ccccc4)cc3)C2=O)cc1. The van der Waals surface area contributed by atoms with Crippen LogP contribution in [-0.2, 0) is 19.1 Å². The minimum absolute atomic E-state index is 0.0242. The number of nitrogens with one attached hydrogen (secondary N) is 2. The van der Waals surface area contributed by atoms with E-state index in [9.17, 15) is 24.0 Å². The monoisotopic (exact) mass is 619 g/mol. The molecule has 4 aromatic carbocycles. The second-order valence-electron chi connectivity index (χ2n) is 9.91. The van der Waals surface area contributed by atoms with E-state index in [4.69, 9.17) is 4.74 Å². The van der Waals surface area contributed by atoms with Crippen LogP contribution in [0, 0.1) is 0 Å². The van der Waals surface area contributed by atoms with E-state index in [-0.39, 0.29) is 30.5 Å². The third-order valence-corrected chi connectivity index (χ3v) is 7.97. The van der Waals surface area contributed by atoms with Gasteiger partial charge in [0, 0.05) is 22.6 Å². The van der Waals surface area contributed by atoms with Crippen molar-refractivity contribution < 1.29 is 28.7 Å². The highest BCUT2D eigenvalue weighted by Gasteiger charge is 2.40. The molecule has 226 valence electrons. The number of imide groups is 1. The van der Waals surface area contributed by atoms with Crippen LogP contribution in [0.1, 0.15) is 39.6 Å². The molecule has 45 heavy (non-hydrogen) atoms. The molecular weight excluding hydrogens is 590 g/mol. The Morgan fingerprint density at radius 3 is 2.13 bits per heavy atom. The Kier molecular flexibility index (Phi) is 9.86. The summed E-state index contributed by atoms with van der Waals surface area (Å²) in [5.41, 5.74) is 2.42. The fourth-order valence-electron chi connectivity index (χ4n) is 4.57. The van der Waals surface area contributed by atoms with E-state index >= 15 is 0 Å². The van der Waals surface area contributed by atoms with Gasteiger partial charge in [-0.2, -0.15) is 0 Å². The second-order valence-corrected chi connectivity index (χ2v) is 11.2. The smallest absolute Gasteiger partial charge is 0.338 e. The van der Waals surface area contributed by atoms with Gasteiger partial charge in [0.2, 0.25) is 11.8 Å². The topological polar surface area (TPSA) is 122 Å². The van der Waals surface area contributed by atoms with Crippen LogP contribution in [0.2, 0.25) is 0 Å². The Labute approximate surface area is 264 Å². The van der Waals surface area contributed by atoms with Crippen molar-refractivity contribution in [3.63, 3.8) is 0 Å². The molecule has 10 heteroatoms. The lowest BCUT2D eigenvalue weighted by Crippen LogP contribution is -2.31. The van der Waals surface area contributed by atoms with Crippen molar-refractivity contribution in [2.24, 2.45) is 0 Å². The molecule has 0 radical (unpaired) electrons. The Morgan fingerprint density at radius 2 is 1.49 bits per heavy atom. The minimum atomic E-state index is -0.628. The van der Waals surface area contributed by atoms with Crippen LogP contribution in [0.15, 0.2) is 120 Å². The van der Waals surface area contributed by atoms with Crippen molar-refractivity contribution >= 4 is 58.8 Å². The highest BCUT2D eigenvalue weighted by molar-refractivity contribution is 8.00. The summed E-state index contributed by atoms with van der Waals surface area (Å²) in [7, 11) is 0. The van der Waals surface area contributed by atoms with Crippen LogP contribution in [0.5, 0.6) is 0 Å². The molecule has 4 aromatic rings. The lowest BCUT2D eigenvalue weighted by atomic mass is 10.1. The van der Waals surface area contributed by atoms with Crippen LogP contribution in [0.3, 0.4) is 0 Å². The number of nitrogens with zero attached hydrogens (tertiary/aromatic N) is 1. The first-order chi connectivity index (χ1) is 21.8. The number of carbonyl (C=O) groups excluding carboxylic acids is 5. The molecule has 0 aromatic heterocycles. The van der Waals surface area contributed by atoms with Gasteiger partial charge in [0.05, 0.1) is 23.1 Å². The summed E-state index contributed by atoms with van der Waals surface area (Å²) in [5, 5.41) is 4.89. The van der Waals surface area contributed by atoms with Gasteiger partial charge in [-0.3, -0.25) is 19.2 Å². The average molecular weight is 620 g/mol. The summed E-state index contributed by atoms with van der Waals surface area (Å²) < 4.78 is 4.98. The van der Waals surface area contributed by atoms with Gasteiger partial charge in [-0.05, 0) is 79.2 Å². The maximum atomic E-state index is 13.3. The predicted molar refractivity (Wildman–Crippen MR) is 173 cm³/mol. The third kappa shape index (κ3) is 7.73. The van der Waals surface area contributed by atoms with E-state index < -0.39 is 23.0 Å². The van der Waals surface area contributed by atoms with E-state index in [1.165, 1.54) is 23.9 Å². The molecule has 0 aliphatic carbocycles. The number of hydrogen-bond acceptors (Lipinski definition) is 7. The van der Waals surface area contributed by atoms with Gasteiger partial charge in [0.15, 0.2) is 0 Å². The zero-order valence-corrected chi connectivity index (χ0v) is 25.1. The highest BCUT2D eigenvalue weighted by atomic mass is 32.2. The molecule has 1 fully saturated rings. The quantitative estimate of drug-likeness (QED) is 0.133. The molecule has 1 aliphatic heterocycles. The molecule has 0 spiro atoms. The number of esters is 1. The summed E-state index contributed by atoms with van der Waals surface area (Å²) >= 11 is 1.25. The fourth-order valence-corrected chi connectivity index (χ4v) is 5.62. The maximum absolute atomic E-state index is 13.3. The van der Waals surface area contributed by atoms with Gasteiger partial charge < -0.3 is 15.4 Å². The molecule has 4 amide bonds. The van der Waals surface area contributed by atoms with Gasteiger partial charge in [-0.15, -0.1) is 11.8 Å². The Hall–Kier alpha value is -5.48.